The molecule has 1 atom stereocenters. The van der Waals surface area contributed by atoms with Crippen molar-refractivity contribution in [1.29, 1.82) is 0 Å². The molecule has 1 aromatic carbocycles. The standard InChI is InChI=1S/C13H19N3O4.ClH/c1-3-16-13(19)20-11-7-8(4-5-10(11)17)6-9(14)12(18)15-2;/h4-5,7,9,17H,3,6,14H2,1-2H3,(H,15,18)(H,16,19);1H/t9-;/m0./s1. The van der Waals surface area contributed by atoms with E-state index in [0.717, 1.165) is 5.56 Å². The predicted octanol–water partition coefficient (Wildman–Crippen LogP) is -3.60. The van der Waals surface area contributed by atoms with Crippen LogP contribution < -0.4 is 33.5 Å². The molecular formula is C13H20ClN3O4. The third kappa shape index (κ3) is 5.88. The molecule has 0 bridgehead atoms. The minimum Gasteiger partial charge on any atom is -1.00 e. The molecule has 0 spiro atoms. The molecule has 7 nitrogen and oxygen atoms in total. The third-order valence-electron chi connectivity index (χ3n) is 2.65. The second kappa shape index (κ2) is 9.04. The number of ether oxygens (including phenoxy) is 1. The van der Waals surface area contributed by atoms with Gasteiger partial charge < -0.3 is 38.6 Å². The smallest absolute Gasteiger partial charge is 0.412 e. The maximum absolute atomic E-state index is 11.4. The van der Waals surface area contributed by atoms with Crippen molar-refractivity contribution in [3.8, 4) is 11.5 Å². The van der Waals surface area contributed by atoms with Crippen molar-refractivity contribution in [2.45, 2.75) is 19.4 Å². The summed E-state index contributed by atoms with van der Waals surface area (Å²) in [6, 6.07) is 4.13. The van der Waals surface area contributed by atoms with Gasteiger partial charge in [-0.05, 0) is 24.6 Å². The summed E-state index contributed by atoms with van der Waals surface area (Å²) in [7, 11) is 1.54. The summed E-state index contributed by atoms with van der Waals surface area (Å²) >= 11 is 0. The number of hydrogen-bond acceptors (Lipinski definition) is 4. The summed E-state index contributed by atoms with van der Waals surface area (Å²) in [5.41, 5.74) is 4.49. The first-order valence-corrected chi connectivity index (χ1v) is 6.30. The quantitative estimate of drug-likeness (QED) is 0.449. The summed E-state index contributed by atoms with van der Waals surface area (Å²) in [6.45, 7) is 2.19. The fourth-order valence-electron chi connectivity index (χ4n) is 1.63. The lowest BCUT2D eigenvalue weighted by Crippen LogP contribution is -3.00. The molecule has 0 aliphatic carbocycles. The molecule has 0 heterocycles. The van der Waals surface area contributed by atoms with Crippen LogP contribution in [-0.4, -0.2) is 36.7 Å². The fraction of sp³-hybridized carbons (Fsp3) is 0.385. The van der Waals surface area contributed by atoms with E-state index in [9.17, 15) is 14.7 Å². The third-order valence-corrected chi connectivity index (χ3v) is 2.65. The van der Waals surface area contributed by atoms with Crippen LogP contribution in [0.1, 0.15) is 12.5 Å². The van der Waals surface area contributed by atoms with Gasteiger partial charge >= 0.3 is 6.09 Å². The van der Waals surface area contributed by atoms with Crippen LogP contribution in [0.4, 0.5) is 4.79 Å². The Kier molecular flexibility index (Phi) is 8.18. The van der Waals surface area contributed by atoms with Gasteiger partial charge in [-0.3, -0.25) is 4.79 Å². The minimum atomic E-state index is -0.641. The molecule has 0 saturated carbocycles. The molecule has 0 aromatic heterocycles. The lowest BCUT2D eigenvalue weighted by molar-refractivity contribution is -0.403. The Morgan fingerprint density at radius 3 is 2.67 bits per heavy atom. The normalized spacial score (nSPS) is 11.0. The number of rotatable bonds is 5. The minimum absolute atomic E-state index is 0. The molecule has 118 valence electrons. The molecule has 8 heteroatoms. The number of likely N-dealkylation sites (N-methyl/N-ethyl adjacent to an activating group) is 1. The maximum Gasteiger partial charge on any atom is 0.412 e. The topological polar surface area (TPSA) is 115 Å². The van der Waals surface area contributed by atoms with Crippen molar-refractivity contribution in [3.63, 3.8) is 0 Å². The molecule has 6 N–H and O–H groups in total. The number of aromatic hydroxyl groups is 1. The zero-order valence-electron chi connectivity index (χ0n) is 12.0. The van der Waals surface area contributed by atoms with E-state index in [1.807, 2.05) is 0 Å². The first-order valence-electron chi connectivity index (χ1n) is 6.30. The highest BCUT2D eigenvalue weighted by atomic mass is 35.5. The molecule has 2 amide bonds. The van der Waals surface area contributed by atoms with E-state index in [2.05, 4.69) is 16.4 Å². The summed E-state index contributed by atoms with van der Waals surface area (Å²) in [6.07, 6.45) is -0.261. The number of phenols is 1. The van der Waals surface area contributed by atoms with E-state index in [1.54, 1.807) is 20.0 Å². The second-order valence-corrected chi connectivity index (χ2v) is 4.24. The van der Waals surface area contributed by atoms with Gasteiger partial charge in [-0.1, -0.05) is 6.07 Å². The highest BCUT2D eigenvalue weighted by Crippen LogP contribution is 2.27. The second-order valence-electron chi connectivity index (χ2n) is 4.24. The zero-order chi connectivity index (χ0) is 15.1. The Morgan fingerprint density at radius 2 is 2.10 bits per heavy atom. The van der Waals surface area contributed by atoms with Crippen molar-refractivity contribution < 1.29 is 37.6 Å². The van der Waals surface area contributed by atoms with Crippen LogP contribution in [0.3, 0.4) is 0 Å². The zero-order valence-corrected chi connectivity index (χ0v) is 12.7. The number of phenolic OH excluding ortho intramolecular Hbond substituents is 1. The van der Waals surface area contributed by atoms with Crippen LogP contribution in [-0.2, 0) is 11.2 Å². The van der Waals surface area contributed by atoms with Crippen LogP contribution in [0.5, 0.6) is 11.5 Å². The maximum atomic E-state index is 11.4. The molecular weight excluding hydrogens is 298 g/mol. The Labute approximate surface area is 129 Å². The Hall–Kier alpha value is -1.99. The Balaban J connectivity index is 0.00000400. The SMILES string of the molecule is CCNC(=O)Oc1cc(C[C@H]([NH3+])C(=O)NC)ccc1O.[Cl-]. The number of halogens is 1. The first kappa shape index (κ1) is 19.0. The van der Waals surface area contributed by atoms with Gasteiger partial charge in [-0.15, -0.1) is 0 Å². The van der Waals surface area contributed by atoms with E-state index in [4.69, 9.17) is 4.74 Å². The van der Waals surface area contributed by atoms with Crippen molar-refractivity contribution in [2.75, 3.05) is 13.6 Å². The van der Waals surface area contributed by atoms with E-state index in [1.165, 1.54) is 12.1 Å². The number of hydrogen-bond donors (Lipinski definition) is 4. The number of benzene rings is 1. The summed E-state index contributed by atoms with van der Waals surface area (Å²) < 4.78 is 4.97. The number of quaternary nitrogens is 1. The van der Waals surface area contributed by atoms with Crippen molar-refractivity contribution in [3.05, 3.63) is 23.8 Å². The molecule has 1 aromatic rings. The van der Waals surface area contributed by atoms with Crippen LogP contribution in [0, 0.1) is 0 Å². The van der Waals surface area contributed by atoms with E-state index in [-0.39, 0.29) is 29.8 Å². The predicted molar refractivity (Wildman–Crippen MR) is 72.3 cm³/mol. The molecule has 1 rings (SSSR count). The van der Waals surface area contributed by atoms with Gasteiger partial charge in [0.1, 0.15) is 0 Å². The van der Waals surface area contributed by atoms with E-state index < -0.39 is 12.1 Å². The van der Waals surface area contributed by atoms with Gasteiger partial charge in [-0.25, -0.2) is 4.79 Å². The van der Waals surface area contributed by atoms with Gasteiger partial charge in [0.2, 0.25) is 0 Å². The van der Waals surface area contributed by atoms with Gasteiger partial charge in [0.05, 0.1) is 0 Å². The molecule has 21 heavy (non-hydrogen) atoms. The van der Waals surface area contributed by atoms with Crippen LogP contribution in [0.15, 0.2) is 18.2 Å². The Morgan fingerprint density at radius 1 is 1.43 bits per heavy atom. The number of carbonyl (C=O) groups excluding carboxylic acids is 2. The Bertz CT molecular complexity index is 496. The van der Waals surface area contributed by atoms with Crippen molar-refractivity contribution >= 4 is 12.0 Å². The average molecular weight is 318 g/mol. The lowest BCUT2D eigenvalue weighted by Gasteiger charge is -2.10. The van der Waals surface area contributed by atoms with E-state index >= 15 is 0 Å². The van der Waals surface area contributed by atoms with Crippen molar-refractivity contribution in [2.24, 2.45) is 0 Å². The van der Waals surface area contributed by atoms with Crippen LogP contribution in [0.25, 0.3) is 0 Å². The fourth-order valence-corrected chi connectivity index (χ4v) is 1.63. The van der Waals surface area contributed by atoms with Crippen LogP contribution >= 0.6 is 0 Å². The van der Waals surface area contributed by atoms with Gasteiger partial charge in [0.15, 0.2) is 17.5 Å². The van der Waals surface area contributed by atoms with Crippen LogP contribution in [0.2, 0.25) is 0 Å². The van der Waals surface area contributed by atoms with Crippen molar-refractivity contribution in [1.82, 2.24) is 10.6 Å². The largest absolute Gasteiger partial charge is 1.00 e. The molecule has 0 aliphatic rings. The monoisotopic (exact) mass is 317 g/mol. The molecule has 0 aliphatic heterocycles. The van der Waals surface area contributed by atoms with Gasteiger partial charge in [0.25, 0.3) is 5.91 Å². The summed E-state index contributed by atoms with van der Waals surface area (Å²) in [5, 5.41) is 14.6. The van der Waals surface area contributed by atoms with Gasteiger partial charge in [-0.2, -0.15) is 0 Å². The highest BCUT2D eigenvalue weighted by molar-refractivity contribution is 5.80. The number of carbonyl (C=O) groups is 2. The summed E-state index contributed by atoms with van der Waals surface area (Å²) in [5.74, 6) is -0.262. The lowest BCUT2D eigenvalue weighted by atomic mass is 10.1. The highest BCUT2D eigenvalue weighted by Gasteiger charge is 2.17. The molecule has 0 saturated heterocycles. The number of amides is 2. The molecule has 0 fully saturated rings. The first-order chi connectivity index (χ1) is 9.47. The van der Waals surface area contributed by atoms with Gasteiger partial charge in [0, 0.05) is 20.0 Å². The summed E-state index contributed by atoms with van der Waals surface area (Å²) in [4.78, 5) is 22.7. The molecule has 0 unspecified atom stereocenters. The average Bonchev–Trinajstić information content (AvgIpc) is 2.41. The van der Waals surface area contributed by atoms with E-state index in [0.29, 0.717) is 13.0 Å². The number of nitrogens with one attached hydrogen (secondary N) is 2. The molecule has 0 radical (unpaired) electrons.